The van der Waals surface area contributed by atoms with Gasteiger partial charge in [0.05, 0.1) is 0 Å². The highest BCUT2D eigenvalue weighted by Crippen LogP contribution is 2.36. The lowest BCUT2D eigenvalue weighted by Crippen LogP contribution is -2.11. The minimum Gasteiger partial charge on any atom is -0.324 e. The zero-order valence-corrected chi connectivity index (χ0v) is 7.84. The predicted molar refractivity (Wildman–Crippen MR) is 50.6 cm³/mol. The third kappa shape index (κ3) is 2.10. The molecule has 1 saturated carbocycles. The molecule has 14 heavy (non-hydrogen) atoms. The summed E-state index contributed by atoms with van der Waals surface area (Å²) in [7, 11) is 0. The summed E-state index contributed by atoms with van der Waals surface area (Å²) in [5.74, 6) is -0.931. The van der Waals surface area contributed by atoms with Gasteiger partial charge < -0.3 is 5.73 Å². The molecule has 1 unspecified atom stereocenters. The lowest BCUT2D eigenvalue weighted by atomic mass is 10.0. The highest BCUT2D eigenvalue weighted by atomic mass is 19.2. The fourth-order valence-electron chi connectivity index (χ4n) is 1.59. The second kappa shape index (κ2) is 3.65. The minimum absolute atomic E-state index is 0.155. The molecule has 1 aromatic carbocycles. The van der Waals surface area contributed by atoms with E-state index < -0.39 is 11.6 Å². The van der Waals surface area contributed by atoms with Crippen molar-refractivity contribution in [2.75, 3.05) is 0 Å². The Balaban J connectivity index is 2.10. The molecule has 0 bridgehead atoms. The molecule has 0 radical (unpaired) electrons. The number of hydrogen-bond donors (Lipinski definition) is 1. The Hall–Kier alpha value is -0.960. The molecular formula is C11H13F2N. The summed E-state index contributed by atoms with van der Waals surface area (Å²) in [5, 5.41) is 0. The number of hydrogen-bond acceptors (Lipinski definition) is 1. The Bertz CT molecular complexity index is 334. The highest BCUT2D eigenvalue weighted by Gasteiger charge is 2.24. The fourth-order valence-corrected chi connectivity index (χ4v) is 1.59. The summed E-state index contributed by atoms with van der Waals surface area (Å²) in [6.07, 6.45) is 3.32. The van der Waals surface area contributed by atoms with Crippen molar-refractivity contribution in [3.63, 3.8) is 0 Å². The largest absolute Gasteiger partial charge is 0.324 e. The second-order valence-electron chi connectivity index (χ2n) is 3.96. The molecule has 0 saturated heterocycles. The van der Waals surface area contributed by atoms with E-state index in [1.807, 2.05) is 0 Å². The van der Waals surface area contributed by atoms with Gasteiger partial charge >= 0.3 is 0 Å². The fraction of sp³-hybridized carbons (Fsp3) is 0.455. The van der Waals surface area contributed by atoms with Crippen LogP contribution in [0.5, 0.6) is 0 Å². The first-order valence-corrected chi connectivity index (χ1v) is 4.87. The van der Waals surface area contributed by atoms with Crippen LogP contribution in [0.2, 0.25) is 0 Å². The molecular weight excluding hydrogens is 184 g/mol. The van der Waals surface area contributed by atoms with E-state index in [0.29, 0.717) is 11.5 Å². The van der Waals surface area contributed by atoms with E-state index in [1.165, 1.54) is 18.9 Å². The van der Waals surface area contributed by atoms with Gasteiger partial charge in [0.1, 0.15) is 0 Å². The Morgan fingerprint density at radius 3 is 2.57 bits per heavy atom. The molecule has 1 aliphatic carbocycles. The van der Waals surface area contributed by atoms with Gasteiger partial charge in [-0.25, -0.2) is 8.78 Å². The molecule has 0 heterocycles. The molecule has 2 N–H and O–H groups in total. The number of rotatable bonds is 3. The first kappa shape index (κ1) is 9.59. The van der Waals surface area contributed by atoms with Crippen LogP contribution in [0.15, 0.2) is 18.2 Å². The molecule has 1 aromatic rings. The average molecular weight is 197 g/mol. The van der Waals surface area contributed by atoms with Crippen LogP contribution >= 0.6 is 0 Å². The summed E-state index contributed by atoms with van der Waals surface area (Å²) >= 11 is 0. The van der Waals surface area contributed by atoms with Crippen molar-refractivity contribution in [2.45, 2.75) is 25.3 Å². The maximum absolute atomic E-state index is 12.9. The SMILES string of the molecule is NC(CC1CC1)c1ccc(F)c(F)c1. The zero-order valence-electron chi connectivity index (χ0n) is 7.84. The molecule has 0 aliphatic heterocycles. The van der Waals surface area contributed by atoms with Crippen LogP contribution in [0.4, 0.5) is 8.78 Å². The van der Waals surface area contributed by atoms with Gasteiger partial charge in [-0.15, -0.1) is 0 Å². The smallest absolute Gasteiger partial charge is 0.159 e. The van der Waals surface area contributed by atoms with Crippen molar-refractivity contribution < 1.29 is 8.78 Å². The zero-order chi connectivity index (χ0) is 10.1. The monoisotopic (exact) mass is 197 g/mol. The highest BCUT2D eigenvalue weighted by molar-refractivity contribution is 5.21. The van der Waals surface area contributed by atoms with E-state index in [0.717, 1.165) is 12.5 Å². The van der Waals surface area contributed by atoms with E-state index in [9.17, 15) is 8.78 Å². The van der Waals surface area contributed by atoms with Gasteiger partial charge in [-0.3, -0.25) is 0 Å². The molecule has 0 aromatic heterocycles. The lowest BCUT2D eigenvalue weighted by molar-refractivity contribution is 0.502. The van der Waals surface area contributed by atoms with Gasteiger partial charge in [0, 0.05) is 6.04 Å². The predicted octanol–water partition coefficient (Wildman–Crippen LogP) is 2.76. The topological polar surface area (TPSA) is 26.0 Å². The molecule has 2 rings (SSSR count). The number of benzene rings is 1. The summed E-state index contributed by atoms with van der Waals surface area (Å²) in [5.41, 5.74) is 6.56. The summed E-state index contributed by atoms with van der Waals surface area (Å²) in [4.78, 5) is 0. The van der Waals surface area contributed by atoms with Gasteiger partial charge in [-0.1, -0.05) is 18.9 Å². The van der Waals surface area contributed by atoms with Crippen molar-refractivity contribution in [2.24, 2.45) is 11.7 Å². The van der Waals surface area contributed by atoms with Crippen LogP contribution in [0.25, 0.3) is 0 Å². The van der Waals surface area contributed by atoms with Crippen LogP contribution < -0.4 is 5.73 Å². The van der Waals surface area contributed by atoms with Crippen molar-refractivity contribution in [3.8, 4) is 0 Å². The molecule has 76 valence electrons. The van der Waals surface area contributed by atoms with Gasteiger partial charge in [0.25, 0.3) is 0 Å². The molecule has 1 nitrogen and oxygen atoms in total. The van der Waals surface area contributed by atoms with Crippen molar-refractivity contribution in [1.29, 1.82) is 0 Å². The van der Waals surface area contributed by atoms with E-state index in [4.69, 9.17) is 5.73 Å². The molecule has 1 aliphatic rings. The average Bonchev–Trinajstić information content (AvgIpc) is 2.93. The normalized spacial score (nSPS) is 18.2. The number of halogens is 2. The second-order valence-corrected chi connectivity index (χ2v) is 3.96. The maximum atomic E-state index is 12.9. The Morgan fingerprint density at radius 1 is 1.29 bits per heavy atom. The van der Waals surface area contributed by atoms with Gasteiger partial charge in [0.15, 0.2) is 11.6 Å². The van der Waals surface area contributed by atoms with Crippen LogP contribution in [0.3, 0.4) is 0 Å². The van der Waals surface area contributed by atoms with Crippen molar-refractivity contribution in [3.05, 3.63) is 35.4 Å². The Labute approximate surface area is 81.9 Å². The standard InChI is InChI=1S/C11H13F2N/c12-9-4-3-8(6-10(9)13)11(14)5-7-1-2-7/h3-4,6-7,11H,1-2,5,14H2. The third-order valence-electron chi connectivity index (χ3n) is 2.66. The molecule has 0 amide bonds. The Morgan fingerprint density at radius 2 is 2.00 bits per heavy atom. The first-order valence-electron chi connectivity index (χ1n) is 4.87. The summed E-state index contributed by atoms with van der Waals surface area (Å²) in [6, 6.07) is 3.74. The van der Waals surface area contributed by atoms with Crippen molar-refractivity contribution >= 4 is 0 Å². The third-order valence-corrected chi connectivity index (χ3v) is 2.66. The van der Waals surface area contributed by atoms with Gasteiger partial charge in [-0.2, -0.15) is 0 Å². The first-order chi connectivity index (χ1) is 6.66. The summed E-state index contributed by atoms with van der Waals surface area (Å²) in [6.45, 7) is 0. The van der Waals surface area contributed by atoms with Gasteiger partial charge in [-0.05, 0) is 30.0 Å². The molecule has 1 atom stereocenters. The molecule has 1 fully saturated rings. The van der Waals surface area contributed by atoms with E-state index >= 15 is 0 Å². The molecule has 0 spiro atoms. The lowest BCUT2D eigenvalue weighted by Gasteiger charge is -2.11. The van der Waals surface area contributed by atoms with E-state index in [2.05, 4.69) is 0 Å². The van der Waals surface area contributed by atoms with E-state index in [-0.39, 0.29) is 6.04 Å². The van der Waals surface area contributed by atoms with Crippen LogP contribution in [0, 0.1) is 17.6 Å². The maximum Gasteiger partial charge on any atom is 0.159 e. The quantitative estimate of drug-likeness (QED) is 0.792. The Kier molecular flexibility index (Phi) is 2.50. The van der Waals surface area contributed by atoms with Crippen molar-refractivity contribution in [1.82, 2.24) is 0 Å². The number of nitrogens with two attached hydrogens (primary N) is 1. The molecule has 3 heteroatoms. The summed E-state index contributed by atoms with van der Waals surface area (Å²) < 4.78 is 25.5. The van der Waals surface area contributed by atoms with Gasteiger partial charge in [0.2, 0.25) is 0 Å². The minimum atomic E-state index is -0.813. The van der Waals surface area contributed by atoms with E-state index in [1.54, 1.807) is 6.07 Å². The van der Waals surface area contributed by atoms with Crippen LogP contribution in [-0.2, 0) is 0 Å². The van der Waals surface area contributed by atoms with Crippen LogP contribution in [-0.4, -0.2) is 0 Å². The van der Waals surface area contributed by atoms with Crippen LogP contribution in [0.1, 0.15) is 30.9 Å².